The molecule has 2 aromatic heterocycles. The molecule has 0 atom stereocenters. The fourth-order valence-corrected chi connectivity index (χ4v) is 3.47. The fraction of sp³-hybridized carbons (Fsp3) is 0.350. The van der Waals surface area contributed by atoms with Crippen LogP contribution in [-0.2, 0) is 15.9 Å². The second kappa shape index (κ2) is 8.10. The van der Waals surface area contributed by atoms with Crippen LogP contribution in [0.25, 0.3) is 11.4 Å². The first-order valence-corrected chi connectivity index (χ1v) is 9.97. The zero-order chi connectivity index (χ0) is 20.3. The van der Waals surface area contributed by atoms with Crippen LogP contribution in [0.2, 0.25) is 0 Å². The Labute approximate surface area is 168 Å². The molecular weight excluding hydrogens is 376 g/mol. The first-order valence-electron chi connectivity index (χ1n) is 8.99. The first kappa shape index (κ1) is 20.0. The zero-order valence-electron chi connectivity index (χ0n) is 16.4. The molecule has 0 unspecified atom stereocenters. The zero-order valence-corrected chi connectivity index (χ0v) is 17.2. The van der Waals surface area contributed by atoms with E-state index in [1.165, 1.54) is 28.3 Å². The van der Waals surface area contributed by atoms with E-state index < -0.39 is 5.97 Å². The number of nitrogens with zero attached hydrogens (tertiary/aromatic N) is 3. The number of esters is 1. The molecule has 0 saturated heterocycles. The summed E-state index contributed by atoms with van der Waals surface area (Å²) in [6, 6.07) is 9.74. The van der Waals surface area contributed by atoms with Gasteiger partial charge in [-0.25, -0.2) is 9.47 Å². The van der Waals surface area contributed by atoms with Gasteiger partial charge in [-0.1, -0.05) is 56.8 Å². The number of rotatable bonds is 6. The van der Waals surface area contributed by atoms with E-state index in [0.29, 0.717) is 34.7 Å². The highest BCUT2D eigenvalue weighted by Gasteiger charge is 2.19. The number of aromatic nitrogens is 3. The van der Waals surface area contributed by atoms with Crippen LogP contribution in [0, 0.1) is 0 Å². The van der Waals surface area contributed by atoms with Crippen molar-refractivity contribution in [3.63, 3.8) is 0 Å². The fourth-order valence-electron chi connectivity index (χ4n) is 2.66. The molecule has 0 amide bonds. The van der Waals surface area contributed by atoms with Gasteiger partial charge in [0.15, 0.2) is 5.82 Å². The molecule has 3 rings (SSSR count). The third-order valence-electron chi connectivity index (χ3n) is 4.25. The summed E-state index contributed by atoms with van der Waals surface area (Å²) in [6.45, 7) is 8.58. The number of thioether (sulfide) groups is 1. The minimum Gasteiger partial charge on any atom is -0.468 e. The molecule has 3 aromatic rings. The average Bonchev–Trinajstić information content (AvgIpc) is 3.26. The highest BCUT2D eigenvalue weighted by molar-refractivity contribution is 7.98. The minimum atomic E-state index is -0.402. The van der Waals surface area contributed by atoms with Crippen LogP contribution in [0.15, 0.2) is 46.2 Å². The molecule has 0 fully saturated rings. The predicted octanol–water partition coefficient (Wildman–Crippen LogP) is 4.02. The maximum atomic E-state index is 11.9. The smallest absolute Gasteiger partial charge is 0.341 e. The van der Waals surface area contributed by atoms with Crippen LogP contribution in [0.3, 0.4) is 0 Å². The number of carbonyl (C=O) groups is 1. The van der Waals surface area contributed by atoms with Crippen LogP contribution >= 0.6 is 11.8 Å². The van der Waals surface area contributed by atoms with Crippen LogP contribution in [-0.4, -0.2) is 27.4 Å². The van der Waals surface area contributed by atoms with Gasteiger partial charge in [0, 0.05) is 5.56 Å². The highest BCUT2D eigenvalue weighted by Crippen LogP contribution is 2.28. The molecule has 7 nitrogen and oxygen atoms in total. The van der Waals surface area contributed by atoms with Crippen molar-refractivity contribution in [1.29, 1.82) is 0 Å². The maximum absolute atomic E-state index is 11.9. The normalized spacial score (nSPS) is 11.6. The Kier molecular flexibility index (Phi) is 5.79. The number of nitrogens with two attached hydrogens (primary N) is 1. The van der Waals surface area contributed by atoms with E-state index in [4.69, 9.17) is 15.0 Å². The summed E-state index contributed by atoms with van der Waals surface area (Å²) in [4.78, 5) is 11.9. The topological polar surface area (TPSA) is 96.2 Å². The molecule has 0 aliphatic rings. The van der Waals surface area contributed by atoms with Crippen LogP contribution in [0.5, 0.6) is 0 Å². The van der Waals surface area contributed by atoms with E-state index in [1.807, 2.05) is 12.1 Å². The lowest BCUT2D eigenvalue weighted by molar-refractivity contribution is 0.0524. The number of hydrogen-bond acceptors (Lipinski definition) is 7. The lowest BCUT2D eigenvalue weighted by Gasteiger charge is -2.19. The molecule has 0 radical (unpaired) electrons. The molecule has 0 saturated carbocycles. The standard InChI is InChI=1S/C20H24N4O3S/c1-5-26-18(25)15-10-11-27-16(15)12-28-19-23-22-17(24(19)21)13-6-8-14(9-7-13)20(2,3)4/h6-11H,5,12,21H2,1-4H3. The van der Waals surface area contributed by atoms with Gasteiger partial charge in [-0.05, 0) is 24.0 Å². The molecule has 0 aliphatic carbocycles. The molecule has 2 heterocycles. The molecule has 0 aliphatic heterocycles. The van der Waals surface area contributed by atoms with Crippen molar-refractivity contribution >= 4 is 17.7 Å². The molecular formula is C20H24N4O3S. The minimum absolute atomic E-state index is 0.0790. The molecule has 0 spiro atoms. The van der Waals surface area contributed by atoms with Gasteiger partial charge in [0.05, 0.1) is 18.6 Å². The van der Waals surface area contributed by atoms with Gasteiger partial charge in [0.1, 0.15) is 11.3 Å². The summed E-state index contributed by atoms with van der Waals surface area (Å²) >= 11 is 1.34. The number of carbonyl (C=O) groups excluding carboxylic acids is 1. The molecule has 28 heavy (non-hydrogen) atoms. The molecule has 2 N–H and O–H groups in total. The summed E-state index contributed by atoms with van der Waals surface area (Å²) in [6.07, 6.45) is 1.47. The number of nitrogen functional groups attached to an aromatic ring is 1. The Bertz CT molecular complexity index is 955. The van der Waals surface area contributed by atoms with E-state index in [2.05, 4.69) is 43.1 Å². The SMILES string of the molecule is CCOC(=O)c1ccoc1CSc1nnc(-c2ccc(C(C)(C)C)cc2)n1N. The summed E-state index contributed by atoms with van der Waals surface area (Å²) in [7, 11) is 0. The second-order valence-corrected chi connectivity index (χ2v) is 8.21. The quantitative estimate of drug-likeness (QED) is 0.379. The van der Waals surface area contributed by atoms with Gasteiger partial charge in [-0.15, -0.1) is 10.2 Å². The van der Waals surface area contributed by atoms with Crippen molar-refractivity contribution in [3.05, 3.63) is 53.5 Å². The van der Waals surface area contributed by atoms with Crippen molar-refractivity contribution in [2.24, 2.45) is 0 Å². The van der Waals surface area contributed by atoms with Gasteiger partial charge in [0.2, 0.25) is 5.16 Å². The lowest BCUT2D eigenvalue weighted by Crippen LogP contribution is -2.13. The van der Waals surface area contributed by atoms with E-state index in [0.717, 1.165) is 5.56 Å². The van der Waals surface area contributed by atoms with Gasteiger partial charge >= 0.3 is 5.97 Å². The lowest BCUT2D eigenvalue weighted by atomic mass is 9.87. The van der Waals surface area contributed by atoms with Crippen molar-refractivity contribution < 1.29 is 13.9 Å². The first-order chi connectivity index (χ1) is 13.3. The maximum Gasteiger partial charge on any atom is 0.341 e. The van der Waals surface area contributed by atoms with Crippen molar-refractivity contribution in [3.8, 4) is 11.4 Å². The monoisotopic (exact) mass is 400 g/mol. The van der Waals surface area contributed by atoms with E-state index in [1.54, 1.807) is 13.0 Å². The largest absolute Gasteiger partial charge is 0.468 e. The van der Waals surface area contributed by atoms with Crippen molar-refractivity contribution in [2.45, 2.75) is 44.0 Å². The summed E-state index contributed by atoms with van der Waals surface area (Å²) in [5, 5.41) is 8.91. The van der Waals surface area contributed by atoms with E-state index in [-0.39, 0.29) is 5.41 Å². The van der Waals surface area contributed by atoms with E-state index in [9.17, 15) is 4.79 Å². The number of ether oxygens (including phenoxy) is 1. The Morgan fingerprint density at radius 2 is 1.93 bits per heavy atom. The molecule has 0 bridgehead atoms. The van der Waals surface area contributed by atoms with Crippen LogP contribution < -0.4 is 5.84 Å². The molecule has 148 valence electrons. The van der Waals surface area contributed by atoms with Gasteiger partial charge in [-0.3, -0.25) is 0 Å². The number of furan rings is 1. The molecule has 1 aromatic carbocycles. The van der Waals surface area contributed by atoms with E-state index >= 15 is 0 Å². The highest BCUT2D eigenvalue weighted by atomic mass is 32.2. The van der Waals surface area contributed by atoms with Crippen LogP contribution in [0.4, 0.5) is 0 Å². The Morgan fingerprint density at radius 1 is 1.21 bits per heavy atom. The Balaban J connectivity index is 1.74. The van der Waals surface area contributed by atoms with Gasteiger partial charge in [0.25, 0.3) is 0 Å². The Hall–Kier alpha value is -2.74. The number of hydrogen-bond donors (Lipinski definition) is 1. The third-order valence-corrected chi connectivity index (χ3v) is 5.19. The van der Waals surface area contributed by atoms with Crippen LogP contribution in [0.1, 0.15) is 49.4 Å². The summed E-state index contributed by atoms with van der Waals surface area (Å²) in [5.41, 5.74) is 2.61. The summed E-state index contributed by atoms with van der Waals surface area (Å²) < 4.78 is 11.9. The Morgan fingerprint density at radius 3 is 2.57 bits per heavy atom. The van der Waals surface area contributed by atoms with Gasteiger partial charge < -0.3 is 15.0 Å². The molecule has 8 heteroatoms. The van der Waals surface area contributed by atoms with Crippen molar-refractivity contribution in [1.82, 2.24) is 14.9 Å². The average molecular weight is 401 g/mol. The summed E-state index contributed by atoms with van der Waals surface area (Å²) in [5.74, 6) is 7.27. The predicted molar refractivity (Wildman–Crippen MR) is 109 cm³/mol. The number of benzene rings is 1. The van der Waals surface area contributed by atoms with Crippen molar-refractivity contribution in [2.75, 3.05) is 12.4 Å². The third kappa shape index (κ3) is 4.22. The van der Waals surface area contributed by atoms with Gasteiger partial charge in [-0.2, -0.15) is 0 Å². The second-order valence-electron chi connectivity index (χ2n) is 7.27.